The summed E-state index contributed by atoms with van der Waals surface area (Å²) in [5.41, 5.74) is 1.07. The Morgan fingerprint density at radius 1 is 1.44 bits per heavy atom. The highest BCUT2D eigenvalue weighted by Crippen LogP contribution is 2.34. The maximum absolute atomic E-state index is 13.6. The quantitative estimate of drug-likeness (QED) is 0.323. The van der Waals surface area contributed by atoms with Gasteiger partial charge in [-0.1, -0.05) is 12.1 Å². The number of carbonyl (C=O) groups excluding carboxylic acids is 1. The number of aliphatic hydroxyl groups is 1. The summed E-state index contributed by atoms with van der Waals surface area (Å²) in [6, 6.07) is 7.77. The fourth-order valence-corrected chi connectivity index (χ4v) is 4.91. The van der Waals surface area contributed by atoms with Crippen LogP contribution in [0.15, 0.2) is 48.4 Å². The molecule has 0 radical (unpaired) electrons. The van der Waals surface area contributed by atoms with Crippen LogP contribution in [0, 0.1) is 5.82 Å². The summed E-state index contributed by atoms with van der Waals surface area (Å²) in [5.74, 6) is 0.00818. The van der Waals surface area contributed by atoms with Gasteiger partial charge < -0.3 is 24.2 Å². The first-order valence-electron chi connectivity index (χ1n) is 11.3. The number of carbonyl (C=O) groups is 1. The molecule has 2 atom stereocenters. The average Bonchev–Trinajstić information content (AvgIpc) is 3.30. The van der Waals surface area contributed by atoms with Crippen molar-refractivity contribution in [1.29, 1.82) is 0 Å². The van der Waals surface area contributed by atoms with E-state index in [2.05, 4.69) is 6.58 Å². The summed E-state index contributed by atoms with van der Waals surface area (Å²) >= 11 is 1.68. The van der Waals surface area contributed by atoms with Gasteiger partial charge in [0, 0.05) is 37.7 Å². The van der Waals surface area contributed by atoms with Gasteiger partial charge in [0.15, 0.2) is 0 Å². The monoisotopic (exact) mass is 492 g/mol. The molecule has 34 heavy (non-hydrogen) atoms. The number of rotatable bonds is 14. The summed E-state index contributed by atoms with van der Waals surface area (Å²) in [6.07, 6.45) is 1.67. The topological polar surface area (TPSA) is 71.5 Å². The van der Waals surface area contributed by atoms with Crippen molar-refractivity contribution in [3.63, 3.8) is 0 Å². The van der Waals surface area contributed by atoms with Crippen molar-refractivity contribution in [2.24, 2.45) is 0 Å². The zero-order valence-corrected chi connectivity index (χ0v) is 20.3. The number of ether oxygens (including phenoxy) is 3. The molecular weight excluding hydrogens is 459 g/mol. The Morgan fingerprint density at radius 3 is 3.06 bits per heavy atom. The minimum Gasteiger partial charge on any atom is -0.491 e. The Kier molecular flexibility index (Phi) is 10.5. The third-order valence-corrected chi connectivity index (χ3v) is 6.60. The molecule has 1 aliphatic rings. The molecule has 1 aromatic carbocycles. The smallest absolute Gasteiger partial charge is 0.237 e. The van der Waals surface area contributed by atoms with Crippen LogP contribution < -0.4 is 4.74 Å². The second-order valence-corrected chi connectivity index (χ2v) is 9.13. The van der Waals surface area contributed by atoms with Crippen LogP contribution in [0.25, 0.3) is 0 Å². The van der Waals surface area contributed by atoms with Gasteiger partial charge in [-0.25, -0.2) is 4.39 Å². The Hall–Kier alpha value is -2.30. The number of benzene rings is 1. The molecule has 0 saturated carbocycles. The zero-order valence-electron chi connectivity index (χ0n) is 19.5. The van der Waals surface area contributed by atoms with Gasteiger partial charge in [0.05, 0.1) is 38.5 Å². The van der Waals surface area contributed by atoms with E-state index in [0.717, 1.165) is 12.0 Å². The maximum atomic E-state index is 13.6. The lowest BCUT2D eigenvalue weighted by molar-refractivity contribution is -0.136. The van der Waals surface area contributed by atoms with Crippen LogP contribution in [0.1, 0.15) is 16.5 Å². The van der Waals surface area contributed by atoms with Gasteiger partial charge in [-0.3, -0.25) is 9.69 Å². The molecule has 2 heterocycles. The fourth-order valence-electron chi connectivity index (χ4n) is 3.98. The average molecular weight is 493 g/mol. The predicted molar refractivity (Wildman–Crippen MR) is 130 cm³/mol. The first-order valence-corrected chi connectivity index (χ1v) is 12.2. The van der Waals surface area contributed by atoms with E-state index in [-0.39, 0.29) is 44.1 Å². The van der Waals surface area contributed by atoms with E-state index in [0.29, 0.717) is 32.1 Å². The Bertz CT molecular complexity index is 924. The van der Waals surface area contributed by atoms with Crippen molar-refractivity contribution < 1.29 is 28.5 Å². The molecule has 1 aliphatic heterocycles. The van der Waals surface area contributed by atoms with Crippen LogP contribution in [-0.4, -0.2) is 86.6 Å². The number of amides is 1. The number of hydrogen-bond acceptors (Lipinski definition) is 7. The van der Waals surface area contributed by atoms with Crippen LogP contribution in [-0.2, 0) is 20.7 Å². The predicted octanol–water partition coefficient (Wildman–Crippen LogP) is 2.90. The molecule has 1 amide bonds. The highest BCUT2D eigenvalue weighted by atomic mass is 32.1. The molecule has 7 nitrogen and oxygen atoms in total. The number of halogens is 1. The van der Waals surface area contributed by atoms with Crippen molar-refractivity contribution >= 4 is 17.2 Å². The molecule has 3 rings (SSSR count). The van der Waals surface area contributed by atoms with Crippen molar-refractivity contribution in [1.82, 2.24) is 9.80 Å². The van der Waals surface area contributed by atoms with E-state index < -0.39 is 6.10 Å². The SMILES string of the molecule is C=CCOC[C@H](O)CN(CCOC)CC(=O)N1CCc2sccc2[C@H]1COc1cccc(F)c1. The molecule has 0 bridgehead atoms. The standard InChI is InChI=1S/C25H33FN2O5S/c1-3-11-32-17-20(29)15-27(10-12-31-2)16-25(30)28-9-7-24-22(8-13-34-24)23(28)18-33-21-6-4-5-19(26)14-21/h3-6,8,13-14,20,23,29H,1,7,9-12,15-18H2,2H3/t20-,23-/m1/s1. The van der Waals surface area contributed by atoms with Gasteiger partial charge in [-0.15, -0.1) is 17.9 Å². The molecular formula is C25H33FN2O5S. The minimum absolute atomic E-state index is 0.0556. The molecule has 1 aromatic heterocycles. The highest BCUT2D eigenvalue weighted by Gasteiger charge is 2.33. The highest BCUT2D eigenvalue weighted by molar-refractivity contribution is 7.10. The van der Waals surface area contributed by atoms with E-state index >= 15 is 0 Å². The molecule has 2 aromatic rings. The van der Waals surface area contributed by atoms with Gasteiger partial charge in [-0.05, 0) is 35.6 Å². The Morgan fingerprint density at radius 2 is 2.29 bits per heavy atom. The van der Waals surface area contributed by atoms with Gasteiger partial charge in [-0.2, -0.15) is 0 Å². The summed E-state index contributed by atoms with van der Waals surface area (Å²) in [5, 5.41) is 12.4. The first-order chi connectivity index (χ1) is 16.5. The molecule has 186 valence electrons. The van der Waals surface area contributed by atoms with Crippen LogP contribution in [0.4, 0.5) is 4.39 Å². The van der Waals surface area contributed by atoms with Crippen LogP contribution >= 0.6 is 11.3 Å². The summed E-state index contributed by atoms with van der Waals surface area (Å²) in [7, 11) is 1.60. The summed E-state index contributed by atoms with van der Waals surface area (Å²) in [4.78, 5) is 18.4. The number of thiophene rings is 1. The largest absolute Gasteiger partial charge is 0.491 e. The van der Waals surface area contributed by atoms with Gasteiger partial charge in [0.25, 0.3) is 0 Å². The number of methoxy groups -OCH3 is 1. The van der Waals surface area contributed by atoms with Gasteiger partial charge >= 0.3 is 0 Å². The second kappa shape index (κ2) is 13.6. The van der Waals surface area contributed by atoms with E-state index in [4.69, 9.17) is 14.2 Å². The van der Waals surface area contributed by atoms with Crippen molar-refractivity contribution in [3.05, 3.63) is 64.6 Å². The van der Waals surface area contributed by atoms with E-state index in [1.54, 1.807) is 36.7 Å². The lowest BCUT2D eigenvalue weighted by atomic mass is 10.0. The first kappa shape index (κ1) is 26.3. The number of fused-ring (bicyclic) bond motifs is 1. The number of aliphatic hydroxyl groups excluding tert-OH is 1. The van der Waals surface area contributed by atoms with E-state index in [1.807, 2.05) is 21.2 Å². The summed E-state index contributed by atoms with van der Waals surface area (Å²) < 4.78 is 30.0. The Balaban J connectivity index is 1.68. The van der Waals surface area contributed by atoms with Crippen molar-refractivity contribution in [2.45, 2.75) is 18.6 Å². The normalized spacial score (nSPS) is 16.4. The third-order valence-electron chi connectivity index (χ3n) is 5.60. The lowest BCUT2D eigenvalue weighted by Crippen LogP contribution is -2.48. The van der Waals surface area contributed by atoms with Crippen LogP contribution in [0.2, 0.25) is 0 Å². The lowest BCUT2D eigenvalue weighted by Gasteiger charge is -2.37. The molecule has 0 unspecified atom stereocenters. The van der Waals surface area contributed by atoms with Crippen molar-refractivity contribution in [2.75, 3.05) is 59.7 Å². The fraction of sp³-hybridized carbons (Fsp3) is 0.480. The van der Waals surface area contributed by atoms with E-state index in [1.165, 1.54) is 17.0 Å². The van der Waals surface area contributed by atoms with Crippen LogP contribution in [0.5, 0.6) is 5.75 Å². The van der Waals surface area contributed by atoms with Crippen molar-refractivity contribution in [3.8, 4) is 5.75 Å². The maximum Gasteiger partial charge on any atom is 0.237 e. The van der Waals surface area contributed by atoms with Crippen LogP contribution in [0.3, 0.4) is 0 Å². The number of nitrogens with zero attached hydrogens (tertiary/aromatic N) is 2. The molecule has 0 spiro atoms. The molecule has 0 fully saturated rings. The molecule has 0 saturated heterocycles. The van der Waals surface area contributed by atoms with Gasteiger partial charge in [0.2, 0.25) is 5.91 Å². The molecule has 1 N–H and O–H groups in total. The molecule has 0 aliphatic carbocycles. The third kappa shape index (κ3) is 7.61. The zero-order chi connectivity index (χ0) is 24.3. The minimum atomic E-state index is -0.735. The van der Waals surface area contributed by atoms with E-state index in [9.17, 15) is 14.3 Å². The summed E-state index contributed by atoms with van der Waals surface area (Å²) in [6.45, 7) is 6.29. The second-order valence-electron chi connectivity index (χ2n) is 8.13. The van der Waals surface area contributed by atoms with Gasteiger partial charge in [0.1, 0.15) is 18.2 Å². The molecule has 9 heteroatoms. The number of hydrogen-bond donors (Lipinski definition) is 1. The Labute approximate surface area is 204 Å².